The molecule has 0 spiro atoms. The largest absolute Gasteiger partial charge is 0.340 e. The van der Waals surface area contributed by atoms with Gasteiger partial charge in [0.2, 0.25) is 15.9 Å². The molecule has 38 heavy (non-hydrogen) atoms. The van der Waals surface area contributed by atoms with Crippen molar-refractivity contribution in [3.8, 4) is 0 Å². The topological polar surface area (TPSA) is 104 Å². The Morgan fingerprint density at radius 1 is 0.763 bits per heavy atom. The molecule has 0 aliphatic rings. The zero-order valence-corrected chi connectivity index (χ0v) is 22.2. The van der Waals surface area contributed by atoms with Crippen LogP contribution in [0.2, 0.25) is 0 Å². The molecule has 0 aliphatic heterocycles. The Morgan fingerprint density at radius 2 is 1.39 bits per heavy atom. The smallest absolute Gasteiger partial charge is 0.251 e. The predicted octanol–water partition coefficient (Wildman–Crippen LogP) is 4.75. The molecule has 0 fully saturated rings. The summed E-state index contributed by atoms with van der Waals surface area (Å²) < 4.78 is 28.7. The third-order valence-electron chi connectivity index (χ3n) is 6.05. The standard InChI is InChI=1S/C30H31N3O4S/c1-21(2)20-31-38(36,37)28-18-10-15-24-25(28)16-9-17-26(24)32-30(35)27(19-22-11-5-3-6-12-22)33-29(34)23-13-7-4-8-14-23/h3-18,21,27,31H,19-20H2,1-2H3,(H,32,35)(H,33,34). The second kappa shape index (κ2) is 12.0. The van der Waals surface area contributed by atoms with Gasteiger partial charge in [-0.2, -0.15) is 0 Å². The molecule has 0 heterocycles. The third-order valence-corrected chi connectivity index (χ3v) is 7.53. The van der Waals surface area contributed by atoms with Crippen molar-refractivity contribution in [2.24, 2.45) is 5.92 Å². The average Bonchev–Trinajstić information content (AvgIpc) is 2.92. The monoisotopic (exact) mass is 529 g/mol. The summed E-state index contributed by atoms with van der Waals surface area (Å²) in [6, 6.07) is 27.4. The van der Waals surface area contributed by atoms with Crippen LogP contribution in [-0.4, -0.2) is 32.8 Å². The summed E-state index contributed by atoms with van der Waals surface area (Å²) >= 11 is 0. The van der Waals surface area contributed by atoms with Crippen LogP contribution in [-0.2, 0) is 21.2 Å². The van der Waals surface area contributed by atoms with Crippen LogP contribution < -0.4 is 15.4 Å². The van der Waals surface area contributed by atoms with Gasteiger partial charge in [-0.05, 0) is 35.7 Å². The van der Waals surface area contributed by atoms with Crippen LogP contribution in [0.15, 0.2) is 102 Å². The lowest BCUT2D eigenvalue weighted by molar-refractivity contribution is -0.118. The molecule has 4 aromatic carbocycles. The lowest BCUT2D eigenvalue weighted by Crippen LogP contribution is -2.45. The maximum absolute atomic E-state index is 13.5. The normalized spacial score (nSPS) is 12.3. The van der Waals surface area contributed by atoms with Crippen molar-refractivity contribution in [1.29, 1.82) is 0 Å². The van der Waals surface area contributed by atoms with Crippen LogP contribution in [0.1, 0.15) is 29.8 Å². The fraction of sp³-hybridized carbons (Fsp3) is 0.200. The number of benzene rings is 4. The van der Waals surface area contributed by atoms with E-state index in [1.54, 1.807) is 60.7 Å². The SMILES string of the molecule is CC(C)CNS(=O)(=O)c1cccc2c(NC(=O)C(Cc3ccccc3)NC(=O)c3ccccc3)cccc12. The first-order valence-corrected chi connectivity index (χ1v) is 13.9. The van der Waals surface area contributed by atoms with Crippen LogP contribution in [0.4, 0.5) is 5.69 Å². The molecule has 1 atom stereocenters. The van der Waals surface area contributed by atoms with E-state index in [2.05, 4.69) is 15.4 Å². The summed E-state index contributed by atoms with van der Waals surface area (Å²) in [6.45, 7) is 4.18. The Bertz CT molecular complexity index is 1520. The van der Waals surface area contributed by atoms with E-state index in [1.165, 1.54) is 0 Å². The first kappa shape index (κ1) is 27.0. The summed E-state index contributed by atoms with van der Waals surface area (Å²) in [5.74, 6) is -0.608. The number of rotatable bonds is 10. The van der Waals surface area contributed by atoms with Gasteiger partial charge in [0.15, 0.2) is 0 Å². The molecule has 0 saturated carbocycles. The molecule has 1 unspecified atom stereocenters. The molecule has 196 valence electrons. The Labute approximate surface area is 223 Å². The van der Waals surface area contributed by atoms with Gasteiger partial charge in [0, 0.05) is 35.0 Å². The number of hydrogen-bond donors (Lipinski definition) is 3. The number of amides is 2. The van der Waals surface area contributed by atoms with Crippen molar-refractivity contribution >= 4 is 38.3 Å². The van der Waals surface area contributed by atoms with Gasteiger partial charge >= 0.3 is 0 Å². The van der Waals surface area contributed by atoms with E-state index in [0.717, 1.165) is 5.56 Å². The molecule has 3 N–H and O–H groups in total. The predicted molar refractivity (Wildman–Crippen MR) is 150 cm³/mol. The van der Waals surface area contributed by atoms with Crippen molar-refractivity contribution in [1.82, 2.24) is 10.0 Å². The van der Waals surface area contributed by atoms with Crippen molar-refractivity contribution in [2.75, 3.05) is 11.9 Å². The number of sulfonamides is 1. The van der Waals surface area contributed by atoms with E-state index in [1.807, 2.05) is 50.2 Å². The van der Waals surface area contributed by atoms with Gasteiger partial charge in [0.25, 0.3) is 5.91 Å². The number of fused-ring (bicyclic) bond motifs is 1. The fourth-order valence-electron chi connectivity index (χ4n) is 4.09. The summed E-state index contributed by atoms with van der Waals surface area (Å²) in [7, 11) is -3.75. The summed E-state index contributed by atoms with van der Waals surface area (Å²) in [6.07, 6.45) is 0.286. The first-order chi connectivity index (χ1) is 18.2. The third kappa shape index (κ3) is 6.65. The molecule has 0 bridgehead atoms. The molecular weight excluding hydrogens is 498 g/mol. The summed E-state index contributed by atoms with van der Waals surface area (Å²) in [4.78, 5) is 26.6. The van der Waals surface area contributed by atoms with Crippen molar-refractivity contribution in [3.63, 3.8) is 0 Å². The van der Waals surface area contributed by atoms with E-state index in [-0.39, 0.29) is 23.1 Å². The van der Waals surface area contributed by atoms with Gasteiger partial charge in [-0.25, -0.2) is 13.1 Å². The molecular formula is C30H31N3O4S. The van der Waals surface area contributed by atoms with Gasteiger partial charge in [0.05, 0.1) is 4.90 Å². The molecule has 0 aliphatic carbocycles. The van der Waals surface area contributed by atoms with Crippen molar-refractivity contribution in [3.05, 3.63) is 108 Å². The molecule has 0 aromatic heterocycles. The van der Waals surface area contributed by atoms with Gasteiger partial charge in [0.1, 0.15) is 6.04 Å². The minimum Gasteiger partial charge on any atom is -0.340 e. The van der Waals surface area contributed by atoms with E-state index < -0.39 is 22.0 Å². The van der Waals surface area contributed by atoms with Crippen LogP contribution in [0.25, 0.3) is 10.8 Å². The highest BCUT2D eigenvalue weighted by Crippen LogP contribution is 2.29. The quantitative estimate of drug-likeness (QED) is 0.276. The molecule has 0 radical (unpaired) electrons. The van der Waals surface area contributed by atoms with Crippen LogP contribution in [0.5, 0.6) is 0 Å². The molecule has 0 saturated heterocycles. The maximum Gasteiger partial charge on any atom is 0.251 e. The Morgan fingerprint density at radius 3 is 2.08 bits per heavy atom. The highest BCUT2D eigenvalue weighted by atomic mass is 32.2. The number of hydrogen-bond acceptors (Lipinski definition) is 4. The minimum atomic E-state index is -3.75. The zero-order chi connectivity index (χ0) is 27.1. The Kier molecular flexibility index (Phi) is 8.55. The summed E-state index contributed by atoms with van der Waals surface area (Å²) in [5, 5.41) is 6.86. The Hall–Kier alpha value is -4.01. The second-order valence-corrected chi connectivity index (χ2v) is 11.2. The number of nitrogens with one attached hydrogen (secondary N) is 3. The average molecular weight is 530 g/mol. The van der Waals surface area contributed by atoms with Crippen LogP contribution in [0.3, 0.4) is 0 Å². The van der Waals surface area contributed by atoms with Gasteiger partial charge in [-0.1, -0.05) is 86.6 Å². The van der Waals surface area contributed by atoms with Gasteiger partial charge in [-0.15, -0.1) is 0 Å². The summed E-state index contributed by atoms with van der Waals surface area (Å²) in [5.41, 5.74) is 1.80. The first-order valence-electron chi connectivity index (χ1n) is 12.5. The zero-order valence-electron chi connectivity index (χ0n) is 21.3. The minimum absolute atomic E-state index is 0.143. The molecule has 2 amide bonds. The van der Waals surface area contributed by atoms with E-state index in [9.17, 15) is 18.0 Å². The lowest BCUT2D eigenvalue weighted by Gasteiger charge is -2.20. The molecule has 4 rings (SSSR count). The van der Waals surface area contributed by atoms with Crippen LogP contribution in [0, 0.1) is 5.92 Å². The van der Waals surface area contributed by atoms with E-state index in [0.29, 0.717) is 28.6 Å². The highest BCUT2D eigenvalue weighted by Gasteiger charge is 2.24. The van der Waals surface area contributed by atoms with E-state index >= 15 is 0 Å². The lowest BCUT2D eigenvalue weighted by atomic mass is 10.0. The van der Waals surface area contributed by atoms with Crippen LogP contribution >= 0.6 is 0 Å². The maximum atomic E-state index is 13.5. The number of carbonyl (C=O) groups is 2. The fourth-order valence-corrected chi connectivity index (χ4v) is 5.52. The molecule has 8 heteroatoms. The number of anilines is 1. The molecule has 7 nitrogen and oxygen atoms in total. The van der Waals surface area contributed by atoms with Crippen molar-refractivity contribution in [2.45, 2.75) is 31.2 Å². The highest BCUT2D eigenvalue weighted by molar-refractivity contribution is 7.89. The molecule has 4 aromatic rings. The van der Waals surface area contributed by atoms with E-state index in [4.69, 9.17) is 0 Å². The Balaban J connectivity index is 1.63. The van der Waals surface area contributed by atoms with Gasteiger partial charge < -0.3 is 10.6 Å². The second-order valence-electron chi connectivity index (χ2n) is 9.47. The number of carbonyl (C=O) groups excluding carboxylic acids is 2. The van der Waals surface area contributed by atoms with Gasteiger partial charge in [-0.3, -0.25) is 9.59 Å². The van der Waals surface area contributed by atoms with Crippen molar-refractivity contribution < 1.29 is 18.0 Å².